The number of nitrogens with one attached hydrogen (secondary N) is 1. The third-order valence-corrected chi connectivity index (χ3v) is 6.06. The second kappa shape index (κ2) is 9.16. The van der Waals surface area contributed by atoms with Gasteiger partial charge in [-0.2, -0.15) is 5.10 Å². The van der Waals surface area contributed by atoms with Gasteiger partial charge in [-0.3, -0.25) is 9.59 Å². The van der Waals surface area contributed by atoms with Gasteiger partial charge in [0.25, 0.3) is 5.91 Å². The summed E-state index contributed by atoms with van der Waals surface area (Å²) in [6.07, 6.45) is 6.81. The molecule has 3 aromatic rings. The maximum atomic E-state index is 13.0. The molecule has 1 aromatic heterocycles. The van der Waals surface area contributed by atoms with E-state index in [1.165, 1.54) is 0 Å². The fraction of sp³-hybridized carbons (Fsp3) is 0.320. The highest BCUT2D eigenvalue weighted by Crippen LogP contribution is 2.26. The number of amides is 2. The Kier molecular flexibility index (Phi) is 6.16. The predicted octanol–water partition coefficient (Wildman–Crippen LogP) is 4.06. The van der Waals surface area contributed by atoms with E-state index in [4.69, 9.17) is 0 Å². The summed E-state index contributed by atoms with van der Waals surface area (Å²) >= 11 is 0. The Labute approximate surface area is 182 Å². The first-order valence-corrected chi connectivity index (χ1v) is 10.8. The standard InChI is InChI=1S/C25H28N4O2/c1-3-24(30)27-21-11-14-23(17-21)28(2)25(31)20-7-5-18(6-8-20)19-9-12-22(13-10-19)29-16-4-15-26-29/h4-10,12-13,15-16,21,23H,3,11,14,17H2,1-2H3,(H,27,30)/t21-,23+/m0/s1. The van der Waals surface area contributed by atoms with Crippen molar-refractivity contribution in [2.75, 3.05) is 7.05 Å². The lowest BCUT2D eigenvalue weighted by molar-refractivity contribution is -0.121. The molecule has 160 valence electrons. The third kappa shape index (κ3) is 4.68. The summed E-state index contributed by atoms with van der Waals surface area (Å²) in [5.74, 6) is 0.0981. The van der Waals surface area contributed by atoms with Crippen LogP contribution in [0.1, 0.15) is 43.0 Å². The van der Waals surface area contributed by atoms with Gasteiger partial charge in [0.05, 0.1) is 5.69 Å². The monoisotopic (exact) mass is 416 g/mol. The highest BCUT2D eigenvalue weighted by atomic mass is 16.2. The number of benzene rings is 2. The van der Waals surface area contributed by atoms with Crippen molar-refractivity contribution in [3.63, 3.8) is 0 Å². The fourth-order valence-electron chi connectivity index (χ4n) is 4.17. The van der Waals surface area contributed by atoms with Crippen LogP contribution in [-0.2, 0) is 4.79 Å². The first kappa shape index (κ1) is 20.8. The van der Waals surface area contributed by atoms with Gasteiger partial charge in [-0.15, -0.1) is 0 Å². The molecule has 1 heterocycles. The Morgan fingerprint density at radius 2 is 1.74 bits per heavy atom. The smallest absolute Gasteiger partial charge is 0.253 e. The maximum absolute atomic E-state index is 13.0. The summed E-state index contributed by atoms with van der Waals surface area (Å²) in [6, 6.07) is 18.2. The zero-order chi connectivity index (χ0) is 21.8. The Hall–Kier alpha value is -3.41. The molecule has 2 amide bonds. The van der Waals surface area contributed by atoms with E-state index in [1.807, 2.05) is 72.2 Å². The minimum atomic E-state index is 0.0213. The molecule has 1 saturated carbocycles. The normalized spacial score (nSPS) is 18.0. The van der Waals surface area contributed by atoms with E-state index >= 15 is 0 Å². The molecule has 1 aliphatic rings. The fourth-order valence-corrected chi connectivity index (χ4v) is 4.17. The van der Waals surface area contributed by atoms with Crippen LogP contribution in [0.15, 0.2) is 67.0 Å². The highest BCUT2D eigenvalue weighted by Gasteiger charge is 2.30. The van der Waals surface area contributed by atoms with Crippen LogP contribution in [-0.4, -0.2) is 45.6 Å². The molecular weight excluding hydrogens is 388 g/mol. The molecule has 6 nitrogen and oxygen atoms in total. The first-order chi connectivity index (χ1) is 15.0. The molecule has 1 N–H and O–H groups in total. The van der Waals surface area contributed by atoms with Gasteiger partial charge in [-0.1, -0.05) is 31.2 Å². The van der Waals surface area contributed by atoms with Gasteiger partial charge in [-0.05, 0) is 60.7 Å². The summed E-state index contributed by atoms with van der Waals surface area (Å²) in [5.41, 5.74) is 3.84. The minimum absolute atomic E-state index is 0.0213. The van der Waals surface area contributed by atoms with E-state index in [0.29, 0.717) is 12.0 Å². The van der Waals surface area contributed by atoms with Crippen LogP contribution < -0.4 is 5.32 Å². The Bertz CT molecular complexity index is 1030. The number of hydrogen-bond acceptors (Lipinski definition) is 3. The van der Waals surface area contributed by atoms with Crippen molar-refractivity contribution in [2.24, 2.45) is 0 Å². The Morgan fingerprint density at radius 3 is 2.35 bits per heavy atom. The van der Waals surface area contributed by atoms with Gasteiger partial charge in [0.2, 0.25) is 5.91 Å². The molecule has 4 rings (SSSR count). The average Bonchev–Trinajstić information content (AvgIpc) is 3.51. The van der Waals surface area contributed by atoms with Crippen LogP contribution >= 0.6 is 0 Å². The summed E-state index contributed by atoms with van der Waals surface area (Å²) in [7, 11) is 1.86. The molecule has 2 atom stereocenters. The van der Waals surface area contributed by atoms with E-state index in [-0.39, 0.29) is 23.9 Å². The lowest BCUT2D eigenvalue weighted by Gasteiger charge is -2.25. The molecule has 0 aliphatic heterocycles. The predicted molar refractivity (Wildman–Crippen MR) is 121 cm³/mol. The molecule has 1 fully saturated rings. The molecule has 0 saturated heterocycles. The van der Waals surface area contributed by atoms with Crippen molar-refractivity contribution < 1.29 is 9.59 Å². The zero-order valence-electron chi connectivity index (χ0n) is 18.0. The highest BCUT2D eigenvalue weighted by molar-refractivity contribution is 5.94. The second-order valence-corrected chi connectivity index (χ2v) is 8.08. The van der Waals surface area contributed by atoms with Crippen LogP contribution in [0.3, 0.4) is 0 Å². The lowest BCUT2D eigenvalue weighted by Crippen LogP contribution is -2.38. The number of nitrogens with zero attached hydrogens (tertiary/aromatic N) is 3. The topological polar surface area (TPSA) is 67.2 Å². The van der Waals surface area contributed by atoms with Gasteiger partial charge < -0.3 is 10.2 Å². The lowest BCUT2D eigenvalue weighted by atomic mass is 10.0. The van der Waals surface area contributed by atoms with Crippen LogP contribution in [0.5, 0.6) is 0 Å². The number of carbonyl (C=O) groups excluding carboxylic acids is 2. The summed E-state index contributed by atoms with van der Waals surface area (Å²) in [6.45, 7) is 1.86. The van der Waals surface area contributed by atoms with Crippen molar-refractivity contribution in [2.45, 2.75) is 44.7 Å². The van der Waals surface area contributed by atoms with Crippen LogP contribution in [0.4, 0.5) is 0 Å². The SMILES string of the molecule is CCC(=O)N[C@H]1CC[C@@H](N(C)C(=O)c2ccc(-c3ccc(-n4cccn4)cc3)cc2)C1. The van der Waals surface area contributed by atoms with E-state index in [9.17, 15) is 9.59 Å². The van der Waals surface area contributed by atoms with Crippen molar-refractivity contribution in [1.82, 2.24) is 20.0 Å². The van der Waals surface area contributed by atoms with Crippen LogP contribution in [0.25, 0.3) is 16.8 Å². The minimum Gasteiger partial charge on any atom is -0.353 e. The van der Waals surface area contributed by atoms with Crippen LogP contribution in [0.2, 0.25) is 0 Å². The molecule has 0 bridgehead atoms. The number of aromatic nitrogens is 2. The van der Waals surface area contributed by atoms with E-state index in [2.05, 4.69) is 22.5 Å². The third-order valence-electron chi connectivity index (χ3n) is 6.06. The summed E-state index contributed by atoms with van der Waals surface area (Å²) < 4.78 is 1.82. The molecule has 0 radical (unpaired) electrons. The van der Waals surface area contributed by atoms with Gasteiger partial charge in [0.15, 0.2) is 0 Å². The van der Waals surface area contributed by atoms with Crippen molar-refractivity contribution in [1.29, 1.82) is 0 Å². The zero-order valence-corrected chi connectivity index (χ0v) is 18.0. The quantitative estimate of drug-likeness (QED) is 0.659. The number of carbonyl (C=O) groups is 2. The van der Waals surface area contributed by atoms with Crippen molar-refractivity contribution in [3.8, 4) is 16.8 Å². The van der Waals surface area contributed by atoms with Gasteiger partial charge in [0.1, 0.15) is 0 Å². The van der Waals surface area contributed by atoms with Crippen molar-refractivity contribution in [3.05, 3.63) is 72.6 Å². The van der Waals surface area contributed by atoms with E-state index < -0.39 is 0 Å². The number of rotatable bonds is 6. The first-order valence-electron chi connectivity index (χ1n) is 10.8. The Morgan fingerprint density at radius 1 is 1.06 bits per heavy atom. The second-order valence-electron chi connectivity index (χ2n) is 8.08. The number of hydrogen-bond donors (Lipinski definition) is 1. The van der Waals surface area contributed by atoms with Gasteiger partial charge >= 0.3 is 0 Å². The molecule has 1 aliphatic carbocycles. The van der Waals surface area contributed by atoms with E-state index in [1.54, 1.807) is 6.20 Å². The Balaban J connectivity index is 1.39. The molecule has 6 heteroatoms. The largest absolute Gasteiger partial charge is 0.353 e. The molecule has 2 aromatic carbocycles. The summed E-state index contributed by atoms with van der Waals surface area (Å²) in [4.78, 5) is 26.4. The molecular formula is C25H28N4O2. The molecule has 0 spiro atoms. The molecule has 0 unspecified atom stereocenters. The van der Waals surface area contributed by atoms with Gasteiger partial charge in [0, 0.05) is 43.5 Å². The summed E-state index contributed by atoms with van der Waals surface area (Å²) in [5, 5.41) is 7.29. The van der Waals surface area contributed by atoms with Crippen molar-refractivity contribution >= 4 is 11.8 Å². The molecule has 31 heavy (non-hydrogen) atoms. The maximum Gasteiger partial charge on any atom is 0.253 e. The van der Waals surface area contributed by atoms with E-state index in [0.717, 1.165) is 36.1 Å². The average molecular weight is 417 g/mol. The van der Waals surface area contributed by atoms with Gasteiger partial charge in [-0.25, -0.2) is 4.68 Å². The van der Waals surface area contributed by atoms with Crippen LogP contribution in [0, 0.1) is 0 Å².